The van der Waals surface area contributed by atoms with Crippen molar-refractivity contribution in [2.75, 3.05) is 0 Å². The molecule has 6 heterocycles. The largest absolute Gasteiger partial charge is 0.364 e. The Morgan fingerprint density at radius 3 is 1.83 bits per heavy atom. The van der Waals surface area contributed by atoms with Crippen LogP contribution in [0.3, 0.4) is 0 Å². The Kier molecular flexibility index (Phi) is 8.31. The molecule has 1 radical (unpaired) electrons. The Hall–Kier alpha value is -3.55. The van der Waals surface area contributed by atoms with Crippen LogP contribution in [0.1, 0.15) is 22.8 Å². The van der Waals surface area contributed by atoms with Crippen molar-refractivity contribution in [3.63, 3.8) is 0 Å². The van der Waals surface area contributed by atoms with Gasteiger partial charge in [0.05, 0.1) is 22.6 Å². The number of hydrogen-bond donors (Lipinski definition) is 5. The van der Waals surface area contributed by atoms with Crippen LogP contribution in [0.15, 0.2) is 57.6 Å². The Bertz CT molecular complexity index is 2640. The number of nitrogens with zero attached hydrogens (tertiary/aromatic N) is 3. The molecule has 0 aliphatic carbocycles. The molecular formula is C24H16CoN4O12S5. The van der Waals surface area contributed by atoms with Crippen LogP contribution in [0.4, 0.5) is 0 Å². The fourth-order valence-electron chi connectivity index (χ4n) is 4.85. The van der Waals surface area contributed by atoms with Crippen molar-refractivity contribution in [3.05, 3.63) is 70.6 Å². The van der Waals surface area contributed by atoms with Gasteiger partial charge in [0.25, 0.3) is 30.4 Å². The predicted molar refractivity (Wildman–Crippen MR) is 163 cm³/mol. The van der Waals surface area contributed by atoms with Crippen molar-refractivity contribution in [1.29, 1.82) is 0 Å². The number of hydrogen-bond acceptors (Lipinski definition) is 11. The van der Waals surface area contributed by atoms with Crippen LogP contribution in [0, 0.1) is 0 Å². The van der Waals surface area contributed by atoms with E-state index >= 15 is 0 Å². The average Bonchev–Trinajstić information content (AvgIpc) is 3.68. The fourth-order valence-corrected chi connectivity index (χ4v) is 9.16. The van der Waals surface area contributed by atoms with E-state index in [1.807, 2.05) is 0 Å². The molecule has 0 unspecified atom stereocenters. The molecule has 243 valence electrons. The van der Waals surface area contributed by atoms with Gasteiger partial charge in [-0.3, -0.25) is 18.2 Å². The average molecular weight is 772 g/mol. The molecule has 4 aromatic heterocycles. The van der Waals surface area contributed by atoms with Gasteiger partial charge in [-0.2, -0.15) is 33.7 Å². The van der Waals surface area contributed by atoms with Gasteiger partial charge in [-0.1, -0.05) is 6.07 Å². The van der Waals surface area contributed by atoms with E-state index < -0.39 is 77.6 Å². The first-order valence-electron chi connectivity index (χ1n) is 12.0. The zero-order valence-electron chi connectivity index (χ0n) is 22.1. The summed E-state index contributed by atoms with van der Waals surface area (Å²) in [5.74, 6) is 0. The van der Waals surface area contributed by atoms with Gasteiger partial charge in [-0.25, -0.2) is 13.9 Å². The molecule has 6 rings (SSSR count). The molecule has 0 fully saturated rings. The van der Waals surface area contributed by atoms with Crippen LogP contribution >= 0.6 is 11.3 Å². The molecule has 4 aromatic rings. The second kappa shape index (κ2) is 11.3. The molecule has 0 spiro atoms. The summed E-state index contributed by atoms with van der Waals surface area (Å²) in [6, 6.07) is 9.51. The zero-order valence-corrected chi connectivity index (χ0v) is 27.2. The van der Waals surface area contributed by atoms with E-state index in [4.69, 9.17) is 0 Å². The summed E-state index contributed by atoms with van der Waals surface area (Å²) >= 11 is 0.812. The standard InChI is InChI=1S/C24H16N4O12S5.Co/c29-42(30,31)19-11-16-9-14-4-3-12(25-14)8-13-5-6-15(26-13)10-17-20(18-2-1-7-41-18)23(43(32,33)34)22(28(17)45(38,39)40)24(21(19)27-16)44(35,36)37;/h1-11,25H,(H,29,30,31)(H,32,33,34)(H,35,36,37)(H,38,39,40);. The Morgan fingerprint density at radius 1 is 0.717 bits per heavy atom. The maximum Gasteiger partial charge on any atom is 0.364 e. The minimum atomic E-state index is -5.95. The van der Waals surface area contributed by atoms with E-state index in [1.54, 1.807) is 12.1 Å². The number of aromatic nitrogens is 4. The Morgan fingerprint density at radius 2 is 1.30 bits per heavy atom. The SMILES string of the molecule is O=S(=O)(O)C1=Cc2cc3ccc(cc4nc(cc5c(-c6cccs6)c(S(=O)(=O)O)c(c(S(=O)(=O)O)c1n2)n5S(=O)(=O)O)C=C4)[nH]3.[Co]. The van der Waals surface area contributed by atoms with E-state index in [9.17, 15) is 51.9 Å². The first-order chi connectivity index (χ1) is 20.8. The second-order valence-corrected chi connectivity index (χ2v) is 15.7. The molecule has 2 aliphatic heterocycles. The molecule has 0 atom stereocenters. The number of nitrogens with one attached hydrogen (secondary N) is 1. The van der Waals surface area contributed by atoms with Gasteiger partial charge in [0.15, 0.2) is 0 Å². The van der Waals surface area contributed by atoms with E-state index in [2.05, 4.69) is 15.0 Å². The smallest absolute Gasteiger partial charge is 0.355 e. The number of fused-ring (bicyclic) bond motifs is 8. The molecule has 16 nitrogen and oxygen atoms in total. The van der Waals surface area contributed by atoms with Crippen LogP contribution in [-0.4, -0.2) is 70.8 Å². The van der Waals surface area contributed by atoms with Crippen molar-refractivity contribution < 1.29 is 68.7 Å². The van der Waals surface area contributed by atoms with Gasteiger partial charge in [0.2, 0.25) is 0 Å². The third-order valence-electron chi connectivity index (χ3n) is 6.40. The minimum absolute atomic E-state index is 0. The van der Waals surface area contributed by atoms with Crippen LogP contribution in [-0.2, 0) is 57.4 Å². The number of rotatable bonds is 5. The van der Waals surface area contributed by atoms with Crippen molar-refractivity contribution in [2.45, 2.75) is 9.79 Å². The third kappa shape index (κ3) is 6.12. The van der Waals surface area contributed by atoms with Crippen LogP contribution in [0.5, 0.6) is 0 Å². The predicted octanol–water partition coefficient (Wildman–Crippen LogP) is 3.21. The quantitative estimate of drug-likeness (QED) is 0.161. The number of H-pyrrole nitrogens is 1. The van der Waals surface area contributed by atoms with E-state index in [0.29, 0.717) is 17.3 Å². The van der Waals surface area contributed by atoms with Gasteiger partial charge in [0, 0.05) is 38.3 Å². The van der Waals surface area contributed by atoms with Crippen molar-refractivity contribution in [2.24, 2.45) is 0 Å². The van der Waals surface area contributed by atoms with Gasteiger partial charge in [-0.05, 0) is 60.0 Å². The molecule has 0 saturated carbocycles. The summed E-state index contributed by atoms with van der Waals surface area (Å²) in [7, 11) is -22.9. The summed E-state index contributed by atoms with van der Waals surface area (Å²) in [6.45, 7) is 0. The van der Waals surface area contributed by atoms with Crippen LogP contribution in [0.2, 0.25) is 0 Å². The second-order valence-electron chi connectivity index (χ2n) is 9.40. The molecule has 22 heteroatoms. The minimum Gasteiger partial charge on any atom is -0.355 e. The Labute approximate surface area is 274 Å². The topological polar surface area (TPSA) is 264 Å². The zero-order chi connectivity index (χ0) is 32.7. The fraction of sp³-hybridized carbons (Fsp3) is 0. The van der Waals surface area contributed by atoms with Gasteiger partial charge in [-0.15, -0.1) is 11.3 Å². The van der Waals surface area contributed by atoms with Gasteiger partial charge in [0.1, 0.15) is 25.9 Å². The summed E-state index contributed by atoms with van der Waals surface area (Å²) in [5, 5.41) is 1.43. The maximum atomic E-state index is 13.1. The molecule has 8 bridgehead atoms. The molecule has 2 aliphatic rings. The van der Waals surface area contributed by atoms with Crippen molar-refractivity contribution in [1.82, 2.24) is 18.9 Å². The molecular weight excluding hydrogens is 756 g/mol. The number of aromatic amines is 1. The summed E-state index contributed by atoms with van der Waals surface area (Å²) < 4.78 is 144. The maximum absolute atomic E-state index is 13.1. The van der Waals surface area contributed by atoms with E-state index in [0.717, 1.165) is 17.4 Å². The van der Waals surface area contributed by atoms with Crippen molar-refractivity contribution in [3.8, 4) is 10.4 Å². The monoisotopic (exact) mass is 771 g/mol. The summed E-state index contributed by atoms with van der Waals surface area (Å²) in [4.78, 5) is 6.53. The third-order valence-corrected chi connectivity index (χ3v) is 10.8. The summed E-state index contributed by atoms with van der Waals surface area (Å²) in [6.07, 6.45) is 3.55. The molecule has 5 N–H and O–H groups in total. The van der Waals surface area contributed by atoms with Gasteiger partial charge < -0.3 is 4.98 Å². The molecule has 0 saturated heterocycles. The normalized spacial score (nSPS) is 13.8. The van der Waals surface area contributed by atoms with E-state index in [1.165, 1.54) is 41.8 Å². The molecule has 46 heavy (non-hydrogen) atoms. The molecule has 0 amide bonds. The molecule has 0 aromatic carbocycles. The van der Waals surface area contributed by atoms with Gasteiger partial charge >= 0.3 is 10.3 Å². The van der Waals surface area contributed by atoms with Crippen molar-refractivity contribution >= 4 is 97.2 Å². The van der Waals surface area contributed by atoms with E-state index in [-0.39, 0.29) is 42.5 Å². The summed E-state index contributed by atoms with van der Waals surface area (Å²) in [5.41, 5.74) is -3.73. The first kappa shape index (κ1) is 33.8. The Balaban J connectivity index is 0.00000417. The van der Waals surface area contributed by atoms with Crippen LogP contribution < -0.4 is 0 Å². The van der Waals surface area contributed by atoms with Crippen LogP contribution in [0.25, 0.3) is 55.6 Å². The first-order valence-corrected chi connectivity index (χ1v) is 18.6. The number of thiophene rings is 1.